The summed E-state index contributed by atoms with van der Waals surface area (Å²) in [6, 6.07) is 0. The van der Waals surface area contributed by atoms with Gasteiger partial charge in [0.05, 0.1) is 0 Å². The van der Waals surface area contributed by atoms with E-state index in [2.05, 4.69) is 48.5 Å². The van der Waals surface area contributed by atoms with E-state index in [0.717, 1.165) is 56.9 Å². The van der Waals surface area contributed by atoms with Crippen molar-refractivity contribution < 1.29 is 24.2 Å². The number of ether oxygens (including phenoxy) is 1. The summed E-state index contributed by atoms with van der Waals surface area (Å²) in [4.78, 5) is 41.1. The summed E-state index contributed by atoms with van der Waals surface area (Å²) in [6.45, 7) is 19.5. The maximum atomic E-state index is 13.8. The lowest BCUT2D eigenvalue weighted by Crippen LogP contribution is -2.66. The first kappa shape index (κ1) is 30.3. The number of aliphatic hydroxyl groups excluding tert-OH is 1. The van der Waals surface area contributed by atoms with Gasteiger partial charge in [-0.2, -0.15) is 0 Å². The van der Waals surface area contributed by atoms with Gasteiger partial charge in [-0.1, -0.05) is 48.5 Å². The van der Waals surface area contributed by atoms with E-state index in [9.17, 15) is 19.5 Å². The van der Waals surface area contributed by atoms with Crippen LogP contribution in [0, 0.1) is 50.7 Å². The highest BCUT2D eigenvalue weighted by molar-refractivity contribution is 6.02. The highest BCUT2D eigenvalue weighted by Crippen LogP contribution is 2.77. The molecule has 6 nitrogen and oxygen atoms in total. The van der Waals surface area contributed by atoms with E-state index >= 15 is 0 Å². The second kappa shape index (κ2) is 9.65. The van der Waals surface area contributed by atoms with Gasteiger partial charge in [-0.05, 0) is 109 Å². The predicted molar refractivity (Wildman–Crippen MR) is 162 cm³/mol. The van der Waals surface area contributed by atoms with E-state index in [0.29, 0.717) is 31.3 Å². The predicted octanol–water partition coefficient (Wildman–Crippen LogP) is 6.49. The number of carbonyl (C=O) groups is 3. The fourth-order valence-corrected chi connectivity index (χ4v) is 12.3. The number of aliphatic hydroxyl groups is 1. The van der Waals surface area contributed by atoms with E-state index < -0.39 is 11.5 Å². The van der Waals surface area contributed by atoms with Crippen molar-refractivity contribution in [1.29, 1.82) is 0 Å². The molecule has 0 aromatic carbocycles. The number of nitrogens with zero attached hydrogens (tertiary/aromatic N) is 1. The lowest BCUT2D eigenvalue weighted by molar-refractivity contribution is -0.234. The van der Waals surface area contributed by atoms with Crippen molar-refractivity contribution in [3.05, 3.63) is 11.1 Å². The van der Waals surface area contributed by atoms with E-state index in [1.807, 2.05) is 0 Å². The Kier molecular flexibility index (Phi) is 6.97. The van der Waals surface area contributed by atoms with E-state index in [1.54, 1.807) is 4.90 Å². The SMILES string of the molecule is CC(=O)OC1CCC2(C)C(CCC3(C)C2CCC2C4=C(C(C)C)C(=O)CC4(C(O)C(=O)N4CCC4)CCC23C)C1(C)C. The van der Waals surface area contributed by atoms with Crippen molar-refractivity contribution in [2.24, 2.45) is 50.7 Å². The molecular weight excluding hydrogens is 526 g/mol. The first-order valence-corrected chi connectivity index (χ1v) is 17.0. The van der Waals surface area contributed by atoms with Crippen LogP contribution < -0.4 is 0 Å². The fourth-order valence-electron chi connectivity index (χ4n) is 12.3. The van der Waals surface area contributed by atoms with Gasteiger partial charge in [-0.3, -0.25) is 14.4 Å². The molecule has 1 amide bonds. The van der Waals surface area contributed by atoms with Crippen LogP contribution in [0.5, 0.6) is 0 Å². The number of esters is 1. The molecule has 1 saturated heterocycles. The zero-order chi connectivity index (χ0) is 30.6. The van der Waals surface area contributed by atoms with Gasteiger partial charge in [0.2, 0.25) is 0 Å². The van der Waals surface area contributed by atoms with Crippen molar-refractivity contribution in [3.63, 3.8) is 0 Å². The van der Waals surface area contributed by atoms with Crippen LogP contribution in [-0.2, 0) is 19.1 Å². The number of Topliss-reactive ketones (excluding diaryl/α,β-unsaturated/α-hetero) is 1. The van der Waals surface area contributed by atoms with Crippen LogP contribution in [0.3, 0.4) is 0 Å². The Hall–Kier alpha value is -1.69. The van der Waals surface area contributed by atoms with Crippen LogP contribution in [0.15, 0.2) is 11.1 Å². The molecule has 1 N–H and O–H groups in total. The Morgan fingerprint density at radius 2 is 1.60 bits per heavy atom. The number of likely N-dealkylation sites (tertiary alicyclic amines) is 1. The third-order valence-electron chi connectivity index (χ3n) is 14.7. The second-order valence-corrected chi connectivity index (χ2v) is 16.9. The van der Waals surface area contributed by atoms with Crippen molar-refractivity contribution in [2.75, 3.05) is 13.1 Å². The molecule has 0 aromatic rings. The molecule has 0 bridgehead atoms. The molecule has 6 aliphatic rings. The van der Waals surface area contributed by atoms with Crippen molar-refractivity contribution in [3.8, 4) is 0 Å². The summed E-state index contributed by atoms with van der Waals surface area (Å²) in [5, 5.41) is 11.9. The molecule has 6 heteroatoms. The quantitative estimate of drug-likeness (QED) is 0.384. The van der Waals surface area contributed by atoms with Crippen LogP contribution in [0.1, 0.15) is 120 Å². The number of hydrogen-bond donors (Lipinski definition) is 1. The highest BCUT2D eigenvalue weighted by atomic mass is 16.5. The molecule has 5 fully saturated rings. The zero-order valence-electron chi connectivity index (χ0n) is 27.5. The van der Waals surface area contributed by atoms with Gasteiger partial charge < -0.3 is 14.7 Å². The Morgan fingerprint density at radius 1 is 0.905 bits per heavy atom. The molecule has 0 radical (unpaired) electrons. The molecule has 0 aromatic heterocycles. The largest absolute Gasteiger partial charge is 0.462 e. The Balaban J connectivity index is 1.39. The number of ketones is 1. The molecule has 234 valence electrons. The lowest BCUT2D eigenvalue weighted by atomic mass is 9.33. The lowest BCUT2D eigenvalue weighted by Gasteiger charge is -2.72. The van der Waals surface area contributed by atoms with Gasteiger partial charge >= 0.3 is 5.97 Å². The average Bonchev–Trinajstić information content (AvgIpc) is 3.17. The molecule has 6 rings (SSSR count). The molecule has 1 aliphatic heterocycles. The van der Waals surface area contributed by atoms with E-state index in [1.165, 1.54) is 12.5 Å². The van der Waals surface area contributed by atoms with E-state index in [4.69, 9.17) is 4.74 Å². The molecule has 4 saturated carbocycles. The monoisotopic (exact) mass is 581 g/mol. The first-order chi connectivity index (χ1) is 19.5. The number of fused-ring (bicyclic) bond motifs is 7. The Bertz CT molecular complexity index is 1220. The van der Waals surface area contributed by atoms with Crippen molar-refractivity contribution in [1.82, 2.24) is 4.90 Å². The normalized spacial score (nSPS) is 44.9. The maximum absolute atomic E-state index is 13.8. The first-order valence-electron chi connectivity index (χ1n) is 17.0. The molecular formula is C36H55NO5. The number of amides is 1. The van der Waals surface area contributed by atoms with Crippen LogP contribution in [0.4, 0.5) is 0 Å². The minimum absolute atomic E-state index is 0.0100. The maximum Gasteiger partial charge on any atom is 0.302 e. The number of rotatable bonds is 4. The molecule has 5 aliphatic carbocycles. The topological polar surface area (TPSA) is 83.9 Å². The fraction of sp³-hybridized carbons (Fsp3) is 0.861. The smallest absolute Gasteiger partial charge is 0.302 e. The minimum Gasteiger partial charge on any atom is -0.462 e. The zero-order valence-corrected chi connectivity index (χ0v) is 27.5. The highest BCUT2D eigenvalue weighted by Gasteiger charge is 2.71. The number of allylic oxidation sites excluding steroid dienone is 1. The van der Waals surface area contributed by atoms with Crippen LogP contribution in [0.2, 0.25) is 0 Å². The summed E-state index contributed by atoms with van der Waals surface area (Å²) in [7, 11) is 0. The molecule has 42 heavy (non-hydrogen) atoms. The average molecular weight is 582 g/mol. The summed E-state index contributed by atoms with van der Waals surface area (Å²) in [5.74, 6) is 1.14. The summed E-state index contributed by atoms with van der Waals surface area (Å²) in [5.41, 5.74) is 1.50. The van der Waals surface area contributed by atoms with Gasteiger partial charge in [0.25, 0.3) is 5.91 Å². The third-order valence-corrected chi connectivity index (χ3v) is 14.7. The van der Waals surface area contributed by atoms with Gasteiger partial charge in [-0.15, -0.1) is 0 Å². The standard InChI is InChI=1S/C36H55NO5/c1-21(2)28-24(39)20-36(30(40)31(41)37-18-9-19-37)17-16-34(7)23(29(28)36)10-11-26-33(6)14-13-27(42-22(3)38)32(4,5)25(33)12-15-35(26,34)8/h21,23,25-27,30,40H,9-20H2,1-8H3. The van der Waals surface area contributed by atoms with Crippen molar-refractivity contribution >= 4 is 17.7 Å². The molecule has 1 heterocycles. The molecule has 0 spiro atoms. The van der Waals surface area contributed by atoms with Gasteiger partial charge in [0.1, 0.15) is 12.2 Å². The Labute approximate surface area is 253 Å². The minimum atomic E-state index is -1.13. The van der Waals surface area contributed by atoms with Gasteiger partial charge in [-0.25, -0.2) is 0 Å². The van der Waals surface area contributed by atoms with Gasteiger partial charge in [0, 0.05) is 37.3 Å². The summed E-state index contributed by atoms with van der Waals surface area (Å²) < 4.78 is 5.91. The molecule has 9 atom stereocenters. The summed E-state index contributed by atoms with van der Waals surface area (Å²) in [6.07, 6.45) is 8.11. The molecule has 9 unspecified atom stereocenters. The summed E-state index contributed by atoms with van der Waals surface area (Å²) >= 11 is 0. The van der Waals surface area contributed by atoms with Crippen LogP contribution in [0.25, 0.3) is 0 Å². The van der Waals surface area contributed by atoms with E-state index in [-0.39, 0.29) is 63.7 Å². The second-order valence-electron chi connectivity index (χ2n) is 16.9. The van der Waals surface area contributed by atoms with Crippen LogP contribution >= 0.6 is 0 Å². The van der Waals surface area contributed by atoms with Gasteiger partial charge in [0.15, 0.2) is 5.78 Å². The van der Waals surface area contributed by atoms with Crippen LogP contribution in [-0.4, -0.2) is 53.0 Å². The number of hydrogen-bond acceptors (Lipinski definition) is 5. The Morgan fingerprint density at radius 3 is 2.19 bits per heavy atom. The van der Waals surface area contributed by atoms with Crippen molar-refractivity contribution in [2.45, 2.75) is 132 Å². The third kappa shape index (κ3) is 3.81. The number of carbonyl (C=O) groups excluding carboxylic acids is 3.